The number of ether oxygens (including phenoxy) is 1. The molecule has 1 saturated heterocycles. The number of amides is 2. The lowest BCUT2D eigenvalue weighted by Gasteiger charge is -2.59. The Morgan fingerprint density at radius 3 is 2.07 bits per heavy atom. The molecule has 30 heavy (non-hydrogen) atoms. The molecule has 4 saturated carbocycles. The highest BCUT2D eigenvalue weighted by Gasteiger charge is 2.54. The minimum atomic E-state index is -0.527. The van der Waals surface area contributed by atoms with Crippen molar-refractivity contribution >= 4 is 12.0 Å². The predicted octanol–water partition coefficient (Wildman–Crippen LogP) is 3.78. The van der Waals surface area contributed by atoms with E-state index in [1.807, 2.05) is 20.8 Å². The van der Waals surface area contributed by atoms with Crippen molar-refractivity contribution in [3.8, 4) is 0 Å². The van der Waals surface area contributed by atoms with E-state index in [-0.39, 0.29) is 24.1 Å². The zero-order valence-corrected chi connectivity index (χ0v) is 19.5. The lowest BCUT2D eigenvalue weighted by molar-refractivity contribution is -0.123. The van der Waals surface area contributed by atoms with Crippen molar-refractivity contribution in [3.63, 3.8) is 0 Å². The quantitative estimate of drug-likeness (QED) is 0.736. The molecule has 170 valence electrons. The van der Waals surface area contributed by atoms with Gasteiger partial charge in [-0.15, -0.1) is 0 Å². The fraction of sp³-hybridized carbons (Fsp3) is 0.917. The molecule has 1 aliphatic heterocycles. The van der Waals surface area contributed by atoms with Gasteiger partial charge >= 0.3 is 6.09 Å². The van der Waals surface area contributed by atoms with Crippen molar-refractivity contribution in [1.29, 1.82) is 0 Å². The Bertz CT molecular complexity index is 656. The average molecular weight is 420 g/mol. The molecule has 0 aromatic carbocycles. The first-order valence-electron chi connectivity index (χ1n) is 12.0. The van der Waals surface area contributed by atoms with Gasteiger partial charge in [-0.25, -0.2) is 4.79 Å². The third-order valence-electron chi connectivity index (χ3n) is 8.00. The van der Waals surface area contributed by atoms with Crippen LogP contribution in [0, 0.1) is 23.7 Å². The molecular weight excluding hydrogens is 378 g/mol. The van der Waals surface area contributed by atoms with Crippen molar-refractivity contribution < 1.29 is 14.3 Å². The van der Waals surface area contributed by atoms with Crippen molar-refractivity contribution in [2.75, 3.05) is 13.1 Å². The summed E-state index contributed by atoms with van der Waals surface area (Å²) in [6, 6.07) is 0.0283. The van der Waals surface area contributed by atoms with E-state index in [0.717, 1.165) is 31.2 Å². The summed E-state index contributed by atoms with van der Waals surface area (Å²) in [4.78, 5) is 29.9. The van der Waals surface area contributed by atoms with E-state index in [4.69, 9.17) is 10.5 Å². The molecular formula is C24H41N3O3. The molecule has 5 aliphatic rings. The Labute approximate surface area is 181 Å². The summed E-state index contributed by atoms with van der Waals surface area (Å²) >= 11 is 0. The molecule has 4 bridgehead atoms. The summed E-state index contributed by atoms with van der Waals surface area (Å²) in [6.07, 6.45) is 8.00. The van der Waals surface area contributed by atoms with E-state index in [1.54, 1.807) is 0 Å². The Balaban J connectivity index is 1.61. The van der Waals surface area contributed by atoms with Gasteiger partial charge in [0.25, 0.3) is 0 Å². The molecule has 6 nitrogen and oxygen atoms in total. The summed E-state index contributed by atoms with van der Waals surface area (Å²) < 4.78 is 5.96. The lowest BCUT2D eigenvalue weighted by Crippen LogP contribution is -2.66. The minimum absolute atomic E-state index is 0.195. The number of rotatable bonds is 5. The van der Waals surface area contributed by atoms with E-state index in [0.29, 0.717) is 18.4 Å². The molecule has 4 aliphatic carbocycles. The fourth-order valence-electron chi connectivity index (χ4n) is 7.31. The van der Waals surface area contributed by atoms with Crippen LogP contribution in [0.4, 0.5) is 4.79 Å². The minimum Gasteiger partial charge on any atom is -0.444 e. The topological polar surface area (TPSA) is 75.9 Å². The first-order chi connectivity index (χ1) is 13.9. The lowest BCUT2D eigenvalue weighted by atomic mass is 9.53. The van der Waals surface area contributed by atoms with Gasteiger partial charge in [-0.2, -0.15) is 0 Å². The van der Waals surface area contributed by atoms with Crippen LogP contribution in [-0.4, -0.2) is 58.1 Å². The maximum atomic E-state index is 13.6. The second-order valence-corrected chi connectivity index (χ2v) is 12.1. The molecule has 5 rings (SSSR count). The van der Waals surface area contributed by atoms with Gasteiger partial charge in [-0.05, 0) is 110 Å². The zero-order valence-electron chi connectivity index (χ0n) is 19.5. The number of nitrogens with two attached hydrogens (primary N) is 1. The fourth-order valence-corrected chi connectivity index (χ4v) is 7.31. The Morgan fingerprint density at radius 2 is 1.57 bits per heavy atom. The van der Waals surface area contributed by atoms with Crippen molar-refractivity contribution in [3.05, 3.63) is 0 Å². The van der Waals surface area contributed by atoms with Gasteiger partial charge < -0.3 is 10.5 Å². The van der Waals surface area contributed by atoms with Gasteiger partial charge in [-0.1, -0.05) is 0 Å². The SMILES string of the molecule is CC(C)(C)OC(=O)N(C1C2CC3CC(C2)CC1C3)C(C)(C)CN1CCC[C@@H]1C(N)=O. The van der Waals surface area contributed by atoms with E-state index in [2.05, 4.69) is 23.6 Å². The Hall–Kier alpha value is -1.30. The highest BCUT2D eigenvalue weighted by atomic mass is 16.6. The molecule has 1 heterocycles. The number of nitrogens with zero attached hydrogens (tertiary/aromatic N) is 2. The molecule has 0 unspecified atom stereocenters. The molecule has 0 spiro atoms. The average Bonchev–Trinajstić information content (AvgIpc) is 3.03. The number of hydrogen-bond donors (Lipinski definition) is 1. The molecule has 2 amide bonds. The third-order valence-corrected chi connectivity index (χ3v) is 8.00. The summed E-state index contributed by atoms with van der Waals surface area (Å²) in [5.74, 6) is 2.62. The van der Waals surface area contributed by atoms with E-state index < -0.39 is 11.1 Å². The third kappa shape index (κ3) is 4.21. The molecule has 0 radical (unpaired) electrons. The van der Waals surface area contributed by atoms with E-state index in [9.17, 15) is 9.59 Å². The number of likely N-dealkylation sites (tertiary alicyclic amines) is 1. The summed E-state index contributed by atoms with van der Waals surface area (Å²) in [6.45, 7) is 11.6. The van der Waals surface area contributed by atoms with Crippen LogP contribution in [0.5, 0.6) is 0 Å². The molecule has 1 atom stereocenters. The van der Waals surface area contributed by atoms with Gasteiger partial charge in [0.05, 0.1) is 11.6 Å². The Morgan fingerprint density at radius 1 is 1.00 bits per heavy atom. The largest absolute Gasteiger partial charge is 0.444 e. The number of hydrogen-bond acceptors (Lipinski definition) is 4. The van der Waals surface area contributed by atoms with Crippen LogP contribution in [0.2, 0.25) is 0 Å². The zero-order chi connectivity index (χ0) is 21.8. The molecule has 5 fully saturated rings. The van der Waals surface area contributed by atoms with Crippen LogP contribution in [-0.2, 0) is 9.53 Å². The van der Waals surface area contributed by atoms with Crippen LogP contribution >= 0.6 is 0 Å². The molecule has 2 N–H and O–H groups in total. The first-order valence-corrected chi connectivity index (χ1v) is 12.0. The van der Waals surface area contributed by atoms with Gasteiger partial charge in [0.1, 0.15) is 5.60 Å². The summed E-state index contributed by atoms with van der Waals surface area (Å²) in [5, 5.41) is 0. The predicted molar refractivity (Wildman–Crippen MR) is 117 cm³/mol. The summed E-state index contributed by atoms with van der Waals surface area (Å²) in [5.41, 5.74) is 4.72. The number of carbonyl (C=O) groups is 2. The molecule has 0 aromatic heterocycles. The monoisotopic (exact) mass is 419 g/mol. The number of carbonyl (C=O) groups excluding carboxylic acids is 2. The van der Waals surface area contributed by atoms with Crippen LogP contribution in [0.1, 0.15) is 79.6 Å². The highest BCUT2D eigenvalue weighted by Crippen LogP contribution is 2.56. The highest BCUT2D eigenvalue weighted by molar-refractivity contribution is 5.80. The van der Waals surface area contributed by atoms with Gasteiger partial charge in [0.2, 0.25) is 5.91 Å². The normalized spacial score (nSPS) is 36.2. The van der Waals surface area contributed by atoms with Crippen LogP contribution in [0.15, 0.2) is 0 Å². The van der Waals surface area contributed by atoms with Crippen molar-refractivity contribution in [2.45, 2.75) is 103 Å². The standard InChI is InChI=1S/C24H41N3O3/c1-23(2,3)30-22(29)27(20-17-10-15-9-16(12-17)13-18(20)11-15)24(4,5)14-26-8-6-7-19(26)21(25)28/h15-20H,6-14H2,1-5H3,(H2,25,28)/t15?,16?,17?,18?,19-,20?/m1/s1. The van der Waals surface area contributed by atoms with Gasteiger partial charge in [0, 0.05) is 12.6 Å². The molecule has 6 heteroatoms. The number of primary amides is 1. The van der Waals surface area contributed by atoms with Gasteiger partial charge in [0.15, 0.2) is 0 Å². The van der Waals surface area contributed by atoms with Crippen LogP contribution in [0.3, 0.4) is 0 Å². The van der Waals surface area contributed by atoms with Crippen LogP contribution < -0.4 is 5.73 Å². The smallest absolute Gasteiger partial charge is 0.411 e. The van der Waals surface area contributed by atoms with Crippen molar-refractivity contribution in [2.24, 2.45) is 29.4 Å². The summed E-state index contributed by atoms with van der Waals surface area (Å²) in [7, 11) is 0. The van der Waals surface area contributed by atoms with E-state index >= 15 is 0 Å². The van der Waals surface area contributed by atoms with E-state index in [1.165, 1.54) is 32.1 Å². The maximum Gasteiger partial charge on any atom is 0.411 e. The van der Waals surface area contributed by atoms with Crippen LogP contribution in [0.25, 0.3) is 0 Å². The maximum absolute atomic E-state index is 13.6. The second kappa shape index (κ2) is 7.68. The Kier molecular flexibility index (Phi) is 5.61. The first kappa shape index (κ1) is 21.9. The molecule has 0 aromatic rings. The van der Waals surface area contributed by atoms with Crippen molar-refractivity contribution in [1.82, 2.24) is 9.80 Å². The van der Waals surface area contributed by atoms with Gasteiger partial charge in [-0.3, -0.25) is 14.6 Å². The second-order valence-electron chi connectivity index (χ2n) is 12.1.